The number of rotatable bonds is 5. The van der Waals surface area contributed by atoms with Gasteiger partial charge in [-0.25, -0.2) is 0 Å². The number of nitrogens with zero attached hydrogens (tertiary/aromatic N) is 1. The summed E-state index contributed by atoms with van der Waals surface area (Å²) in [5.41, 5.74) is 2.96. The highest BCUT2D eigenvalue weighted by atomic mass is 16.1. The van der Waals surface area contributed by atoms with Gasteiger partial charge in [-0.05, 0) is 29.8 Å². The third-order valence-electron chi connectivity index (χ3n) is 2.27. The molecule has 0 atom stereocenters. The number of carbonyl (C=O) groups excluding carboxylic acids is 1. The predicted octanol–water partition coefficient (Wildman–Crippen LogP) is 2.07. The van der Waals surface area contributed by atoms with E-state index in [4.69, 9.17) is 0 Å². The molecular weight excluding hydrogens is 214 g/mol. The van der Waals surface area contributed by atoms with Gasteiger partial charge in [-0.3, -0.25) is 9.78 Å². The first kappa shape index (κ1) is 11.1. The molecule has 1 aromatic carbocycles. The highest BCUT2D eigenvalue weighted by Crippen LogP contribution is 2.16. The first-order valence-corrected chi connectivity index (χ1v) is 5.31. The van der Waals surface area contributed by atoms with Crippen LogP contribution in [0.1, 0.15) is 5.56 Å². The van der Waals surface area contributed by atoms with E-state index in [1.165, 1.54) is 0 Å². The molecular formula is C13H13N3O. The fourth-order valence-electron chi connectivity index (χ4n) is 1.52. The van der Waals surface area contributed by atoms with Crippen molar-refractivity contribution in [2.75, 3.05) is 5.32 Å². The van der Waals surface area contributed by atoms with Gasteiger partial charge in [0.2, 0.25) is 6.41 Å². The van der Waals surface area contributed by atoms with Crippen molar-refractivity contribution in [3.8, 4) is 0 Å². The highest BCUT2D eigenvalue weighted by molar-refractivity contribution is 5.59. The highest BCUT2D eigenvalue weighted by Gasteiger charge is 1.96. The monoisotopic (exact) mass is 227 g/mol. The SMILES string of the molecule is O=CNCc1cccc(Nc2cccnc2)c1. The maximum atomic E-state index is 10.2. The second-order valence-corrected chi connectivity index (χ2v) is 3.57. The molecule has 0 aliphatic heterocycles. The van der Waals surface area contributed by atoms with Gasteiger partial charge < -0.3 is 10.6 Å². The van der Waals surface area contributed by atoms with Gasteiger partial charge >= 0.3 is 0 Å². The van der Waals surface area contributed by atoms with Crippen molar-refractivity contribution in [1.29, 1.82) is 0 Å². The molecule has 0 fully saturated rings. The van der Waals surface area contributed by atoms with Crippen LogP contribution in [0.25, 0.3) is 0 Å². The zero-order valence-electron chi connectivity index (χ0n) is 9.26. The maximum Gasteiger partial charge on any atom is 0.207 e. The van der Waals surface area contributed by atoms with Crippen LogP contribution in [0.4, 0.5) is 11.4 Å². The third-order valence-corrected chi connectivity index (χ3v) is 2.27. The Bertz CT molecular complexity index is 485. The lowest BCUT2D eigenvalue weighted by Gasteiger charge is -2.07. The second kappa shape index (κ2) is 5.65. The second-order valence-electron chi connectivity index (χ2n) is 3.57. The van der Waals surface area contributed by atoms with E-state index < -0.39 is 0 Å². The molecule has 0 saturated carbocycles. The van der Waals surface area contributed by atoms with Crippen LogP contribution in [-0.2, 0) is 11.3 Å². The van der Waals surface area contributed by atoms with Crippen LogP contribution >= 0.6 is 0 Å². The Balaban J connectivity index is 2.08. The summed E-state index contributed by atoms with van der Waals surface area (Å²) >= 11 is 0. The maximum absolute atomic E-state index is 10.2. The Morgan fingerprint density at radius 1 is 1.18 bits per heavy atom. The first-order chi connectivity index (χ1) is 8.38. The minimum absolute atomic E-state index is 0.534. The largest absolute Gasteiger partial charge is 0.355 e. The molecule has 0 radical (unpaired) electrons. The van der Waals surface area contributed by atoms with Crippen molar-refractivity contribution in [1.82, 2.24) is 10.3 Å². The van der Waals surface area contributed by atoms with Crippen molar-refractivity contribution in [2.45, 2.75) is 6.54 Å². The van der Waals surface area contributed by atoms with Crippen LogP contribution in [0, 0.1) is 0 Å². The summed E-state index contributed by atoms with van der Waals surface area (Å²) in [6, 6.07) is 11.7. The molecule has 1 aromatic heterocycles. The number of hydrogen-bond acceptors (Lipinski definition) is 3. The lowest BCUT2D eigenvalue weighted by Crippen LogP contribution is -2.09. The van der Waals surface area contributed by atoms with E-state index in [1.807, 2.05) is 36.4 Å². The molecule has 2 rings (SSSR count). The quantitative estimate of drug-likeness (QED) is 0.769. The van der Waals surface area contributed by atoms with Crippen LogP contribution in [0.2, 0.25) is 0 Å². The summed E-state index contributed by atoms with van der Waals surface area (Å²) in [5.74, 6) is 0. The van der Waals surface area contributed by atoms with Crippen LogP contribution in [0.5, 0.6) is 0 Å². The van der Waals surface area contributed by atoms with Gasteiger partial charge in [0.1, 0.15) is 0 Å². The van der Waals surface area contributed by atoms with E-state index in [0.717, 1.165) is 16.9 Å². The molecule has 4 nitrogen and oxygen atoms in total. The number of aromatic nitrogens is 1. The molecule has 86 valence electrons. The molecule has 17 heavy (non-hydrogen) atoms. The predicted molar refractivity (Wildman–Crippen MR) is 66.9 cm³/mol. The topological polar surface area (TPSA) is 54.0 Å². The summed E-state index contributed by atoms with van der Waals surface area (Å²) in [7, 11) is 0. The van der Waals surface area contributed by atoms with Gasteiger partial charge in [-0.15, -0.1) is 0 Å². The van der Waals surface area contributed by atoms with E-state index >= 15 is 0 Å². The molecule has 0 saturated heterocycles. The Morgan fingerprint density at radius 3 is 2.82 bits per heavy atom. The average Bonchev–Trinajstić information content (AvgIpc) is 2.38. The average molecular weight is 227 g/mol. The summed E-state index contributed by atoms with van der Waals surface area (Å²) in [5, 5.41) is 5.88. The lowest BCUT2D eigenvalue weighted by atomic mass is 10.2. The number of hydrogen-bond donors (Lipinski definition) is 2. The van der Waals surface area contributed by atoms with Crippen LogP contribution in [0.3, 0.4) is 0 Å². The molecule has 0 aliphatic carbocycles. The number of nitrogens with one attached hydrogen (secondary N) is 2. The fourth-order valence-corrected chi connectivity index (χ4v) is 1.52. The van der Waals surface area contributed by atoms with Crippen LogP contribution < -0.4 is 10.6 Å². The summed E-state index contributed by atoms with van der Waals surface area (Å²) < 4.78 is 0. The minimum Gasteiger partial charge on any atom is -0.355 e. The van der Waals surface area contributed by atoms with Crippen molar-refractivity contribution >= 4 is 17.8 Å². The molecule has 2 N–H and O–H groups in total. The van der Waals surface area contributed by atoms with Crippen molar-refractivity contribution in [3.63, 3.8) is 0 Å². The number of anilines is 2. The molecule has 0 unspecified atom stereocenters. The summed E-state index contributed by atoms with van der Waals surface area (Å²) in [6.07, 6.45) is 4.19. The molecule has 1 amide bonds. The third kappa shape index (κ3) is 3.31. The molecule has 4 heteroatoms. The standard InChI is InChI=1S/C13H13N3O/c17-10-15-8-11-3-1-4-12(7-11)16-13-5-2-6-14-9-13/h1-7,9-10,16H,8H2,(H,15,17). The van der Waals surface area contributed by atoms with Gasteiger partial charge in [-0.2, -0.15) is 0 Å². The van der Waals surface area contributed by atoms with E-state index in [9.17, 15) is 4.79 Å². The van der Waals surface area contributed by atoms with Gasteiger partial charge in [0.15, 0.2) is 0 Å². The molecule has 2 aromatic rings. The number of amides is 1. The Labute approximate surface area is 99.7 Å². The molecule has 0 aliphatic rings. The van der Waals surface area contributed by atoms with E-state index in [-0.39, 0.29) is 0 Å². The Morgan fingerprint density at radius 2 is 2.06 bits per heavy atom. The molecule has 0 spiro atoms. The Hall–Kier alpha value is -2.36. The lowest BCUT2D eigenvalue weighted by molar-refractivity contribution is -0.109. The van der Waals surface area contributed by atoms with Crippen LogP contribution in [-0.4, -0.2) is 11.4 Å². The molecule has 0 bridgehead atoms. The first-order valence-electron chi connectivity index (χ1n) is 5.31. The Kier molecular flexibility index (Phi) is 3.70. The van der Waals surface area contributed by atoms with E-state index in [0.29, 0.717) is 13.0 Å². The summed E-state index contributed by atoms with van der Waals surface area (Å²) in [6.45, 7) is 0.534. The number of benzene rings is 1. The zero-order valence-corrected chi connectivity index (χ0v) is 9.26. The van der Waals surface area contributed by atoms with Crippen molar-refractivity contribution < 1.29 is 4.79 Å². The van der Waals surface area contributed by atoms with Gasteiger partial charge in [0.05, 0.1) is 11.9 Å². The summed E-state index contributed by atoms with van der Waals surface area (Å²) in [4.78, 5) is 14.3. The van der Waals surface area contributed by atoms with Gasteiger partial charge in [0, 0.05) is 18.4 Å². The van der Waals surface area contributed by atoms with Gasteiger partial charge in [-0.1, -0.05) is 12.1 Å². The van der Waals surface area contributed by atoms with Crippen LogP contribution in [0.15, 0.2) is 48.8 Å². The fraction of sp³-hybridized carbons (Fsp3) is 0.0769. The minimum atomic E-state index is 0.534. The van der Waals surface area contributed by atoms with E-state index in [1.54, 1.807) is 12.4 Å². The van der Waals surface area contributed by atoms with Crippen molar-refractivity contribution in [2.24, 2.45) is 0 Å². The zero-order chi connectivity index (χ0) is 11.9. The smallest absolute Gasteiger partial charge is 0.207 e. The number of pyridine rings is 1. The number of carbonyl (C=O) groups is 1. The van der Waals surface area contributed by atoms with Gasteiger partial charge in [0.25, 0.3) is 0 Å². The van der Waals surface area contributed by atoms with E-state index in [2.05, 4.69) is 15.6 Å². The molecule has 1 heterocycles. The van der Waals surface area contributed by atoms with Crippen molar-refractivity contribution in [3.05, 3.63) is 54.4 Å². The normalized spacial score (nSPS) is 9.65.